The van der Waals surface area contributed by atoms with Crippen molar-refractivity contribution < 1.29 is 0 Å². The van der Waals surface area contributed by atoms with E-state index in [2.05, 4.69) is 46.4 Å². The molecule has 1 fully saturated rings. The topological polar surface area (TPSA) is 24.9 Å². The van der Waals surface area contributed by atoms with Crippen LogP contribution in [0.2, 0.25) is 0 Å². The summed E-state index contributed by atoms with van der Waals surface area (Å²) in [4.78, 5) is 6.20. The molecule has 2 nitrogen and oxygen atoms in total. The first-order chi connectivity index (χ1) is 9.24. The van der Waals surface area contributed by atoms with Crippen molar-refractivity contribution in [3.63, 3.8) is 0 Å². The van der Waals surface area contributed by atoms with Gasteiger partial charge in [-0.15, -0.1) is 11.3 Å². The van der Waals surface area contributed by atoms with Crippen molar-refractivity contribution in [1.82, 2.24) is 10.3 Å². The van der Waals surface area contributed by atoms with Crippen LogP contribution in [0.4, 0.5) is 0 Å². The van der Waals surface area contributed by atoms with E-state index in [-0.39, 0.29) is 0 Å². The fourth-order valence-electron chi connectivity index (χ4n) is 2.52. The van der Waals surface area contributed by atoms with Crippen LogP contribution in [0.25, 0.3) is 10.6 Å². The molecule has 4 heteroatoms. The summed E-state index contributed by atoms with van der Waals surface area (Å²) in [5.74, 6) is 0.784. The third-order valence-electron chi connectivity index (χ3n) is 3.63. The maximum Gasteiger partial charge on any atom is 0.124 e. The van der Waals surface area contributed by atoms with Crippen LogP contribution in [-0.4, -0.2) is 18.1 Å². The zero-order valence-electron chi connectivity index (χ0n) is 10.9. The van der Waals surface area contributed by atoms with Crippen molar-refractivity contribution in [2.24, 2.45) is 5.92 Å². The van der Waals surface area contributed by atoms with Crippen molar-refractivity contribution in [1.29, 1.82) is 0 Å². The predicted molar refractivity (Wildman–Crippen MR) is 84.7 cm³/mol. The Labute approximate surface area is 126 Å². The van der Waals surface area contributed by atoms with E-state index >= 15 is 0 Å². The molecule has 100 valence electrons. The standard InChI is InChI=1S/C15H17BrN2S/c1-10-14(8-11-6-7-17-9-11)19-15(18-10)12-4-2-3-5-13(12)16/h2-5,11,17H,6-9H2,1H3. The van der Waals surface area contributed by atoms with Gasteiger partial charge < -0.3 is 5.32 Å². The van der Waals surface area contributed by atoms with Gasteiger partial charge in [0.25, 0.3) is 0 Å². The van der Waals surface area contributed by atoms with Gasteiger partial charge in [0.2, 0.25) is 0 Å². The van der Waals surface area contributed by atoms with Gasteiger partial charge in [-0.1, -0.05) is 34.1 Å². The molecule has 0 aliphatic carbocycles. The first kappa shape index (κ1) is 13.3. The minimum Gasteiger partial charge on any atom is -0.316 e. The highest BCUT2D eigenvalue weighted by molar-refractivity contribution is 9.10. The fraction of sp³-hybridized carbons (Fsp3) is 0.400. The Kier molecular flexibility index (Phi) is 4.01. The Balaban J connectivity index is 1.86. The molecule has 2 aromatic rings. The maximum atomic E-state index is 4.75. The molecule has 3 rings (SSSR count). The SMILES string of the molecule is Cc1nc(-c2ccccc2Br)sc1CC1CCNC1. The number of aromatic nitrogens is 1. The molecule has 2 heterocycles. The normalized spacial score (nSPS) is 18.9. The number of rotatable bonds is 3. The smallest absolute Gasteiger partial charge is 0.124 e. The Morgan fingerprint density at radius 2 is 2.26 bits per heavy atom. The molecule has 0 radical (unpaired) electrons. The lowest BCUT2D eigenvalue weighted by molar-refractivity contribution is 0.583. The van der Waals surface area contributed by atoms with Crippen LogP contribution in [0, 0.1) is 12.8 Å². The summed E-state index contributed by atoms with van der Waals surface area (Å²) in [6.45, 7) is 4.45. The highest BCUT2D eigenvalue weighted by Crippen LogP contribution is 2.34. The van der Waals surface area contributed by atoms with Gasteiger partial charge in [-0.05, 0) is 44.8 Å². The first-order valence-corrected chi connectivity index (χ1v) is 8.27. The number of hydrogen-bond donors (Lipinski definition) is 1. The highest BCUT2D eigenvalue weighted by atomic mass is 79.9. The lowest BCUT2D eigenvalue weighted by Crippen LogP contribution is -2.10. The predicted octanol–water partition coefficient (Wildman–Crippen LogP) is 4.03. The Bertz CT molecular complexity index is 573. The summed E-state index contributed by atoms with van der Waals surface area (Å²) in [5.41, 5.74) is 2.40. The molecule has 1 aromatic carbocycles. The van der Waals surface area contributed by atoms with Crippen LogP contribution in [0.15, 0.2) is 28.7 Å². The molecule has 1 aromatic heterocycles. The van der Waals surface area contributed by atoms with E-state index < -0.39 is 0 Å². The zero-order valence-corrected chi connectivity index (χ0v) is 13.4. The number of aryl methyl sites for hydroxylation is 1. The number of nitrogens with one attached hydrogen (secondary N) is 1. The monoisotopic (exact) mass is 336 g/mol. The molecule has 1 saturated heterocycles. The summed E-state index contributed by atoms with van der Waals surface area (Å²) in [5, 5.41) is 4.57. The van der Waals surface area contributed by atoms with E-state index in [4.69, 9.17) is 4.98 Å². The molecular weight excluding hydrogens is 320 g/mol. The number of thiazole rings is 1. The largest absolute Gasteiger partial charge is 0.316 e. The first-order valence-electron chi connectivity index (χ1n) is 6.66. The van der Waals surface area contributed by atoms with Crippen molar-refractivity contribution in [2.75, 3.05) is 13.1 Å². The Hall–Kier alpha value is -0.710. The van der Waals surface area contributed by atoms with Crippen molar-refractivity contribution >= 4 is 27.3 Å². The second kappa shape index (κ2) is 5.73. The summed E-state index contributed by atoms with van der Waals surface area (Å²) >= 11 is 5.46. The van der Waals surface area contributed by atoms with Gasteiger partial charge >= 0.3 is 0 Å². The number of nitrogens with zero attached hydrogens (tertiary/aromatic N) is 1. The Morgan fingerprint density at radius 3 is 3.00 bits per heavy atom. The lowest BCUT2D eigenvalue weighted by atomic mass is 10.0. The lowest BCUT2D eigenvalue weighted by Gasteiger charge is -2.05. The van der Waals surface area contributed by atoms with Gasteiger partial charge in [-0.2, -0.15) is 0 Å². The van der Waals surface area contributed by atoms with E-state index in [0.29, 0.717) is 0 Å². The van der Waals surface area contributed by atoms with E-state index in [0.717, 1.165) is 21.9 Å². The molecule has 19 heavy (non-hydrogen) atoms. The zero-order chi connectivity index (χ0) is 13.2. The summed E-state index contributed by atoms with van der Waals surface area (Å²) in [6, 6.07) is 8.31. The molecule has 1 N–H and O–H groups in total. The molecular formula is C15H17BrN2S. The van der Waals surface area contributed by atoms with Crippen LogP contribution in [0.1, 0.15) is 17.0 Å². The van der Waals surface area contributed by atoms with Gasteiger partial charge in [0.15, 0.2) is 0 Å². The maximum absolute atomic E-state index is 4.75. The van der Waals surface area contributed by atoms with Crippen molar-refractivity contribution in [2.45, 2.75) is 19.8 Å². The minimum absolute atomic E-state index is 0.784. The van der Waals surface area contributed by atoms with Crippen LogP contribution < -0.4 is 5.32 Å². The van der Waals surface area contributed by atoms with E-state index in [1.807, 2.05) is 17.4 Å². The van der Waals surface area contributed by atoms with Crippen LogP contribution in [0.5, 0.6) is 0 Å². The average Bonchev–Trinajstić information content (AvgIpc) is 3.02. The second-order valence-corrected chi connectivity index (χ2v) is 7.01. The van der Waals surface area contributed by atoms with Gasteiger partial charge in [-0.3, -0.25) is 0 Å². The fourth-order valence-corrected chi connectivity index (χ4v) is 4.34. The number of benzene rings is 1. The minimum atomic E-state index is 0.784. The molecule has 1 aliphatic heterocycles. The third-order valence-corrected chi connectivity index (χ3v) is 5.54. The second-order valence-electron chi connectivity index (χ2n) is 5.07. The Morgan fingerprint density at radius 1 is 1.42 bits per heavy atom. The summed E-state index contributed by atoms with van der Waals surface area (Å²) < 4.78 is 1.12. The third kappa shape index (κ3) is 2.91. The van der Waals surface area contributed by atoms with Crippen molar-refractivity contribution in [3.05, 3.63) is 39.3 Å². The van der Waals surface area contributed by atoms with Crippen LogP contribution in [0.3, 0.4) is 0 Å². The van der Waals surface area contributed by atoms with Gasteiger partial charge in [0.1, 0.15) is 5.01 Å². The molecule has 1 atom stereocenters. The highest BCUT2D eigenvalue weighted by Gasteiger charge is 2.19. The molecule has 1 aliphatic rings. The molecule has 0 bridgehead atoms. The number of halogens is 1. The van der Waals surface area contributed by atoms with Crippen LogP contribution >= 0.6 is 27.3 Å². The summed E-state index contributed by atoms with van der Waals surface area (Å²) in [6.07, 6.45) is 2.46. The number of hydrogen-bond acceptors (Lipinski definition) is 3. The van der Waals surface area contributed by atoms with Crippen molar-refractivity contribution in [3.8, 4) is 10.6 Å². The van der Waals surface area contributed by atoms with Gasteiger partial charge in [0.05, 0.1) is 5.69 Å². The van der Waals surface area contributed by atoms with Gasteiger partial charge in [-0.25, -0.2) is 4.98 Å². The van der Waals surface area contributed by atoms with E-state index in [9.17, 15) is 0 Å². The quantitative estimate of drug-likeness (QED) is 0.915. The van der Waals surface area contributed by atoms with E-state index in [1.165, 1.54) is 35.5 Å². The molecule has 0 spiro atoms. The summed E-state index contributed by atoms with van der Waals surface area (Å²) in [7, 11) is 0. The molecule has 1 unspecified atom stereocenters. The molecule has 0 saturated carbocycles. The molecule has 0 amide bonds. The van der Waals surface area contributed by atoms with Crippen LogP contribution in [-0.2, 0) is 6.42 Å². The van der Waals surface area contributed by atoms with E-state index in [1.54, 1.807) is 0 Å². The van der Waals surface area contributed by atoms with Gasteiger partial charge in [0, 0.05) is 14.9 Å². The average molecular weight is 337 g/mol.